The molecule has 2 aromatic rings. The summed E-state index contributed by atoms with van der Waals surface area (Å²) < 4.78 is 37.7. The molecule has 112 valence electrons. The lowest BCUT2D eigenvalue weighted by Crippen LogP contribution is -2.16. The third-order valence-corrected chi connectivity index (χ3v) is 3.93. The standard InChI is InChI=1S/C11H6Cl2F3N3OS/c12-6-2-17-3-7(13)5(6)4-21-10-18-8(11(14,15)16)1-9(20)19-10/h1-3H,4H2,(H,18,19,20)/p+1. The average molecular weight is 357 g/mol. The first-order valence-electron chi connectivity index (χ1n) is 5.42. The van der Waals surface area contributed by atoms with E-state index in [2.05, 4.69) is 15.0 Å². The minimum atomic E-state index is -4.68. The number of nitrogens with one attached hydrogen (secondary N) is 2. The van der Waals surface area contributed by atoms with Gasteiger partial charge in [-0.25, -0.2) is 9.97 Å². The molecule has 0 saturated heterocycles. The fourth-order valence-electron chi connectivity index (χ4n) is 1.40. The van der Waals surface area contributed by atoms with Crippen LogP contribution in [0.1, 0.15) is 11.3 Å². The molecule has 0 unspecified atom stereocenters. The van der Waals surface area contributed by atoms with Crippen molar-refractivity contribution in [2.75, 3.05) is 0 Å². The van der Waals surface area contributed by atoms with Crippen molar-refractivity contribution in [1.29, 1.82) is 0 Å². The van der Waals surface area contributed by atoms with Crippen LogP contribution >= 0.6 is 35.0 Å². The van der Waals surface area contributed by atoms with Gasteiger partial charge in [-0.15, -0.1) is 0 Å². The molecule has 0 bridgehead atoms. The quantitative estimate of drug-likeness (QED) is 0.678. The van der Waals surface area contributed by atoms with Gasteiger partial charge in [0, 0.05) is 17.4 Å². The summed E-state index contributed by atoms with van der Waals surface area (Å²) in [7, 11) is 0. The number of aromatic nitrogens is 3. The van der Waals surface area contributed by atoms with Crippen LogP contribution < -0.4 is 10.5 Å². The van der Waals surface area contributed by atoms with Gasteiger partial charge in [-0.05, 0) is 0 Å². The van der Waals surface area contributed by atoms with Crippen molar-refractivity contribution >= 4 is 35.0 Å². The number of nitrogens with zero attached hydrogens (tertiary/aromatic N) is 1. The lowest BCUT2D eigenvalue weighted by atomic mass is 10.3. The molecular formula is C11H7Cl2F3N3OS+. The number of halogens is 5. The van der Waals surface area contributed by atoms with Crippen molar-refractivity contribution in [1.82, 2.24) is 9.97 Å². The van der Waals surface area contributed by atoms with Crippen LogP contribution in [0.5, 0.6) is 0 Å². The topological polar surface area (TPSA) is 59.9 Å². The van der Waals surface area contributed by atoms with E-state index in [1.54, 1.807) is 0 Å². The van der Waals surface area contributed by atoms with E-state index in [-0.39, 0.29) is 10.9 Å². The van der Waals surface area contributed by atoms with Crippen molar-refractivity contribution in [2.45, 2.75) is 17.1 Å². The summed E-state index contributed by atoms with van der Waals surface area (Å²) in [5.41, 5.74) is -1.59. The Morgan fingerprint density at radius 2 is 1.90 bits per heavy atom. The summed E-state index contributed by atoms with van der Waals surface area (Å²) in [6.45, 7) is 0. The number of H-pyrrole nitrogens is 2. The van der Waals surface area contributed by atoms with Crippen molar-refractivity contribution in [3.8, 4) is 0 Å². The molecule has 4 nitrogen and oxygen atoms in total. The maximum absolute atomic E-state index is 12.6. The molecule has 0 amide bonds. The van der Waals surface area contributed by atoms with Gasteiger partial charge in [0.1, 0.15) is 10.0 Å². The molecule has 0 fully saturated rings. The van der Waals surface area contributed by atoms with Crippen LogP contribution in [0, 0.1) is 0 Å². The molecule has 2 N–H and O–H groups in total. The lowest BCUT2D eigenvalue weighted by Gasteiger charge is -2.07. The monoisotopic (exact) mass is 356 g/mol. The number of thioether (sulfide) groups is 1. The zero-order chi connectivity index (χ0) is 15.6. The highest BCUT2D eigenvalue weighted by atomic mass is 35.5. The maximum atomic E-state index is 12.6. The van der Waals surface area contributed by atoms with E-state index >= 15 is 0 Å². The van der Waals surface area contributed by atoms with Gasteiger partial charge in [0.2, 0.25) is 0 Å². The molecule has 0 aliphatic rings. The second kappa shape index (κ2) is 6.25. The molecule has 10 heteroatoms. The minimum absolute atomic E-state index is 0.158. The summed E-state index contributed by atoms with van der Waals surface area (Å²) >= 11 is 12.8. The summed E-state index contributed by atoms with van der Waals surface area (Å²) in [5.74, 6) is 0.163. The molecule has 0 saturated carbocycles. The van der Waals surface area contributed by atoms with Crippen LogP contribution in [-0.2, 0) is 11.9 Å². The first-order chi connectivity index (χ1) is 9.77. The normalized spacial score (nSPS) is 11.7. The molecule has 0 radical (unpaired) electrons. The third-order valence-electron chi connectivity index (χ3n) is 2.36. The smallest absolute Gasteiger partial charge is 0.301 e. The summed E-state index contributed by atoms with van der Waals surface area (Å²) in [6.07, 6.45) is -1.70. The zero-order valence-electron chi connectivity index (χ0n) is 10.1. The van der Waals surface area contributed by atoms with Crippen molar-refractivity contribution < 1.29 is 18.2 Å². The molecule has 2 aromatic heterocycles. The highest BCUT2D eigenvalue weighted by Gasteiger charge is 2.33. The molecule has 0 spiro atoms. The molecule has 0 aromatic carbocycles. The van der Waals surface area contributed by atoms with Crippen molar-refractivity contribution in [3.63, 3.8) is 0 Å². The average Bonchev–Trinajstić information content (AvgIpc) is 2.36. The number of hydrogen-bond donors (Lipinski definition) is 1. The second-order valence-electron chi connectivity index (χ2n) is 3.85. The van der Waals surface area contributed by atoms with Crippen molar-refractivity contribution in [3.05, 3.63) is 50.1 Å². The van der Waals surface area contributed by atoms with Gasteiger partial charge in [0.15, 0.2) is 23.2 Å². The van der Waals surface area contributed by atoms with Gasteiger partial charge in [-0.2, -0.15) is 13.2 Å². The second-order valence-corrected chi connectivity index (χ2v) is 5.63. The Balaban J connectivity index is 2.25. The van der Waals surface area contributed by atoms with Crippen LogP contribution in [0.2, 0.25) is 10.0 Å². The number of rotatable bonds is 3. The van der Waals surface area contributed by atoms with Gasteiger partial charge < -0.3 is 4.98 Å². The fourth-order valence-corrected chi connectivity index (χ4v) is 3.00. The Hall–Kier alpha value is -1.25. The largest absolute Gasteiger partial charge is 0.433 e. The van der Waals surface area contributed by atoms with Crippen LogP contribution in [-0.4, -0.2) is 9.97 Å². The molecule has 21 heavy (non-hydrogen) atoms. The van der Waals surface area contributed by atoms with E-state index in [4.69, 9.17) is 23.2 Å². The number of pyridine rings is 1. The van der Waals surface area contributed by atoms with E-state index in [0.29, 0.717) is 21.7 Å². The first kappa shape index (κ1) is 16.1. The Morgan fingerprint density at radius 3 is 2.48 bits per heavy atom. The Kier molecular flexibility index (Phi) is 4.80. The predicted molar refractivity (Wildman–Crippen MR) is 72.4 cm³/mol. The Morgan fingerprint density at radius 1 is 1.29 bits per heavy atom. The fraction of sp³-hybridized carbons (Fsp3) is 0.182. The Labute approximate surface area is 130 Å². The molecule has 0 atom stereocenters. The van der Waals surface area contributed by atoms with Gasteiger partial charge in [-0.3, -0.25) is 4.79 Å². The number of alkyl halides is 3. The molecule has 0 aliphatic heterocycles. The van der Waals surface area contributed by atoms with E-state index in [9.17, 15) is 18.0 Å². The van der Waals surface area contributed by atoms with Gasteiger partial charge in [0.05, 0.1) is 0 Å². The summed E-state index contributed by atoms with van der Waals surface area (Å²) in [5, 5.41) is 0.517. The number of hydrogen-bond acceptors (Lipinski definition) is 3. The SMILES string of the molecule is O=c1cc(C(F)(F)F)nc(SCc2c(Cl)c[nH+]cc2Cl)[nH]1. The molecule has 0 aliphatic carbocycles. The van der Waals surface area contributed by atoms with Crippen LogP contribution in [0.15, 0.2) is 28.4 Å². The maximum Gasteiger partial charge on any atom is 0.433 e. The Bertz CT molecular complexity index is 700. The van der Waals surface area contributed by atoms with Crippen LogP contribution in [0.3, 0.4) is 0 Å². The van der Waals surface area contributed by atoms with Crippen molar-refractivity contribution in [2.24, 2.45) is 0 Å². The van der Waals surface area contributed by atoms with E-state index in [0.717, 1.165) is 11.8 Å². The third kappa shape index (κ3) is 4.12. The first-order valence-corrected chi connectivity index (χ1v) is 7.17. The van der Waals surface area contributed by atoms with E-state index < -0.39 is 17.4 Å². The molecule has 2 heterocycles. The van der Waals surface area contributed by atoms with Gasteiger partial charge in [-0.1, -0.05) is 35.0 Å². The highest BCUT2D eigenvalue weighted by molar-refractivity contribution is 7.98. The molecular weight excluding hydrogens is 350 g/mol. The van der Waals surface area contributed by atoms with E-state index in [1.807, 2.05) is 0 Å². The molecule has 2 rings (SSSR count). The summed E-state index contributed by atoms with van der Waals surface area (Å²) in [4.78, 5) is 19.5. The van der Waals surface area contributed by atoms with Crippen LogP contribution in [0.25, 0.3) is 0 Å². The van der Waals surface area contributed by atoms with Crippen LogP contribution in [0.4, 0.5) is 13.2 Å². The van der Waals surface area contributed by atoms with Gasteiger partial charge in [0.25, 0.3) is 5.56 Å². The minimum Gasteiger partial charge on any atom is -0.301 e. The highest BCUT2D eigenvalue weighted by Crippen LogP contribution is 2.30. The number of aromatic amines is 2. The zero-order valence-corrected chi connectivity index (χ0v) is 12.4. The lowest BCUT2D eigenvalue weighted by molar-refractivity contribution is -0.377. The van der Waals surface area contributed by atoms with E-state index in [1.165, 1.54) is 12.4 Å². The predicted octanol–water partition coefficient (Wildman–Crippen LogP) is 3.20. The van der Waals surface area contributed by atoms with Gasteiger partial charge >= 0.3 is 6.18 Å². The summed E-state index contributed by atoms with van der Waals surface area (Å²) in [6, 6.07) is 0.404.